The molecule has 0 unspecified atom stereocenters. The minimum absolute atomic E-state index is 0.634. The summed E-state index contributed by atoms with van der Waals surface area (Å²) < 4.78 is 5.70. The number of fused-ring (bicyclic) bond motifs is 2. The van der Waals surface area contributed by atoms with Crippen molar-refractivity contribution in [1.82, 2.24) is 0 Å². The largest absolute Gasteiger partial charge is 0.453 e. The monoisotopic (exact) mass is 211 g/mol. The molecule has 2 aromatic rings. The van der Waals surface area contributed by atoms with E-state index in [1.54, 1.807) is 18.2 Å². The molecule has 0 atom stereocenters. The first-order valence-electron chi connectivity index (χ1n) is 5.00. The number of ether oxygens (including phenoxy) is 1. The molecule has 3 rings (SSSR count). The lowest BCUT2D eigenvalue weighted by Gasteiger charge is -2.21. The van der Waals surface area contributed by atoms with Crippen molar-refractivity contribution in [3.63, 3.8) is 0 Å². The maximum atomic E-state index is 10.7. The van der Waals surface area contributed by atoms with Crippen LogP contribution in [0.5, 0.6) is 11.5 Å². The highest BCUT2D eigenvalue weighted by Crippen LogP contribution is 2.41. The second-order valence-electron chi connectivity index (χ2n) is 3.60. The van der Waals surface area contributed by atoms with E-state index in [4.69, 9.17) is 4.74 Å². The topological polar surface area (TPSA) is 38.3 Å². The van der Waals surface area contributed by atoms with Gasteiger partial charge in [-0.05, 0) is 30.3 Å². The predicted octanol–water partition coefficient (Wildman–Crippen LogP) is 3.35. The number of carbonyl (C=O) groups is 1. The molecule has 0 bridgehead atoms. The molecule has 1 aliphatic heterocycles. The van der Waals surface area contributed by atoms with Crippen LogP contribution in [-0.4, -0.2) is 6.29 Å². The maximum absolute atomic E-state index is 10.7. The lowest BCUT2D eigenvalue weighted by molar-refractivity contribution is 0.112. The van der Waals surface area contributed by atoms with E-state index in [-0.39, 0.29) is 0 Å². The van der Waals surface area contributed by atoms with Gasteiger partial charge in [0.05, 0.1) is 11.4 Å². The van der Waals surface area contributed by atoms with Gasteiger partial charge in [0, 0.05) is 5.56 Å². The number of rotatable bonds is 1. The number of anilines is 2. The lowest BCUT2D eigenvalue weighted by atomic mass is 10.1. The number of aldehydes is 1. The number of benzene rings is 2. The molecule has 78 valence electrons. The third-order valence-corrected chi connectivity index (χ3v) is 2.52. The van der Waals surface area contributed by atoms with E-state index in [1.807, 2.05) is 24.3 Å². The van der Waals surface area contributed by atoms with Crippen molar-refractivity contribution in [2.45, 2.75) is 0 Å². The summed E-state index contributed by atoms with van der Waals surface area (Å²) in [6, 6.07) is 13.0. The number of nitrogens with one attached hydrogen (secondary N) is 1. The van der Waals surface area contributed by atoms with Crippen LogP contribution in [-0.2, 0) is 0 Å². The van der Waals surface area contributed by atoms with Crippen molar-refractivity contribution in [2.75, 3.05) is 5.32 Å². The molecule has 3 nitrogen and oxygen atoms in total. The molecule has 3 heteroatoms. The quantitative estimate of drug-likeness (QED) is 0.627. The fourth-order valence-corrected chi connectivity index (χ4v) is 1.73. The Hall–Kier alpha value is -2.29. The first-order chi connectivity index (χ1) is 7.86. The fourth-order valence-electron chi connectivity index (χ4n) is 1.73. The smallest absolute Gasteiger partial charge is 0.151 e. The lowest BCUT2D eigenvalue weighted by Crippen LogP contribution is -2.02. The van der Waals surface area contributed by atoms with Crippen LogP contribution in [0.15, 0.2) is 42.5 Å². The van der Waals surface area contributed by atoms with Crippen molar-refractivity contribution in [1.29, 1.82) is 0 Å². The van der Waals surface area contributed by atoms with Gasteiger partial charge in [0.15, 0.2) is 11.5 Å². The molecule has 0 amide bonds. The van der Waals surface area contributed by atoms with Crippen LogP contribution in [0.3, 0.4) is 0 Å². The third-order valence-electron chi connectivity index (χ3n) is 2.52. The van der Waals surface area contributed by atoms with E-state index in [0.29, 0.717) is 5.56 Å². The zero-order valence-corrected chi connectivity index (χ0v) is 8.44. The summed E-state index contributed by atoms with van der Waals surface area (Å²) in [5.74, 6) is 1.54. The third kappa shape index (κ3) is 1.34. The Balaban J connectivity index is 2.08. The summed E-state index contributed by atoms with van der Waals surface area (Å²) in [5.41, 5.74) is 2.37. The minimum Gasteiger partial charge on any atom is -0.453 e. The van der Waals surface area contributed by atoms with Crippen molar-refractivity contribution in [2.24, 2.45) is 0 Å². The highest BCUT2D eigenvalue weighted by Gasteiger charge is 2.15. The Bertz CT molecular complexity index is 564. The van der Waals surface area contributed by atoms with Crippen molar-refractivity contribution in [3.8, 4) is 11.5 Å². The first kappa shape index (κ1) is 8.97. The van der Waals surface area contributed by atoms with E-state index in [1.165, 1.54) is 0 Å². The van der Waals surface area contributed by atoms with Gasteiger partial charge in [-0.2, -0.15) is 0 Å². The van der Waals surface area contributed by atoms with Gasteiger partial charge in [0.25, 0.3) is 0 Å². The number of hydrogen-bond acceptors (Lipinski definition) is 3. The SMILES string of the molecule is O=Cc1ccc2c(c1)Nc1ccccc1O2. The van der Waals surface area contributed by atoms with Gasteiger partial charge in [0.1, 0.15) is 6.29 Å². The zero-order valence-electron chi connectivity index (χ0n) is 8.44. The first-order valence-corrected chi connectivity index (χ1v) is 5.00. The Labute approximate surface area is 92.7 Å². The van der Waals surface area contributed by atoms with Crippen LogP contribution < -0.4 is 10.1 Å². The van der Waals surface area contributed by atoms with E-state index in [2.05, 4.69) is 5.32 Å². The van der Waals surface area contributed by atoms with Gasteiger partial charge in [-0.1, -0.05) is 12.1 Å². The molecule has 16 heavy (non-hydrogen) atoms. The Morgan fingerprint density at radius 1 is 1.00 bits per heavy atom. The van der Waals surface area contributed by atoms with Crippen LogP contribution in [0, 0.1) is 0 Å². The molecular formula is C13H9NO2. The van der Waals surface area contributed by atoms with Gasteiger partial charge >= 0.3 is 0 Å². The second-order valence-corrected chi connectivity index (χ2v) is 3.60. The standard InChI is InChI=1S/C13H9NO2/c15-8-9-5-6-13-11(7-9)14-10-3-1-2-4-12(10)16-13/h1-8,14H. The maximum Gasteiger partial charge on any atom is 0.151 e. The normalized spacial score (nSPS) is 11.8. The molecule has 0 aliphatic carbocycles. The average Bonchev–Trinajstić information content (AvgIpc) is 2.35. The van der Waals surface area contributed by atoms with Gasteiger partial charge in [-0.25, -0.2) is 0 Å². The molecule has 0 saturated carbocycles. The molecule has 1 heterocycles. The summed E-state index contributed by atoms with van der Waals surface area (Å²) in [4.78, 5) is 10.7. The van der Waals surface area contributed by atoms with E-state index in [9.17, 15) is 4.79 Å². The van der Waals surface area contributed by atoms with Crippen LogP contribution in [0.4, 0.5) is 11.4 Å². The highest BCUT2D eigenvalue weighted by molar-refractivity contribution is 5.82. The predicted molar refractivity (Wildman–Crippen MR) is 61.6 cm³/mol. The summed E-state index contributed by atoms with van der Waals surface area (Å²) in [6.45, 7) is 0. The zero-order chi connectivity index (χ0) is 11.0. The van der Waals surface area contributed by atoms with E-state index in [0.717, 1.165) is 29.2 Å². The second kappa shape index (κ2) is 3.38. The highest BCUT2D eigenvalue weighted by atomic mass is 16.5. The minimum atomic E-state index is 0.634. The van der Waals surface area contributed by atoms with Crippen molar-refractivity contribution < 1.29 is 9.53 Å². The molecular weight excluding hydrogens is 202 g/mol. The molecule has 0 aromatic heterocycles. The molecule has 1 aliphatic rings. The van der Waals surface area contributed by atoms with Gasteiger partial charge in [-0.3, -0.25) is 4.79 Å². The van der Waals surface area contributed by atoms with E-state index >= 15 is 0 Å². The van der Waals surface area contributed by atoms with Gasteiger partial charge in [0.2, 0.25) is 0 Å². The van der Waals surface area contributed by atoms with Crippen molar-refractivity contribution in [3.05, 3.63) is 48.0 Å². The van der Waals surface area contributed by atoms with E-state index < -0.39 is 0 Å². The van der Waals surface area contributed by atoms with Gasteiger partial charge in [-0.15, -0.1) is 0 Å². The molecule has 2 aromatic carbocycles. The van der Waals surface area contributed by atoms with Crippen LogP contribution in [0.25, 0.3) is 0 Å². The van der Waals surface area contributed by atoms with Crippen LogP contribution >= 0.6 is 0 Å². The summed E-state index contributed by atoms with van der Waals surface area (Å²) >= 11 is 0. The number of carbonyl (C=O) groups excluding carboxylic acids is 1. The Kier molecular flexibility index (Phi) is 1.90. The summed E-state index contributed by atoms with van der Waals surface area (Å²) in [7, 11) is 0. The molecule has 0 fully saturated rings. The summed E-state index contributed by atoms with van der Waals surface area (Å²) in [5, 5.41) is 3.23. The van der Waals surface area contributed by atoms with Crippen molar-refractivity contribution >= 4 is 17.7 Å². The number of para-hydroxylation sites is 2. The van der Waals surface area contributed by atoms with Crippen LogP contribution in [0.2, 0.25) is 0 Å². The average molecular weight is 211 g/mol. The fraction of sp³-hybridized carbons (Fsp3) is 0. The summed E-state index contributed by atoms with van der Waals surface area (Å²) in [6.07, 6.45) is 0.822. The molecule has 1 N–H and O–H groups in total. The Morgan fingerprint density at radius 2 is 1.81 bits per heavy atom. The molecule has 0 saturated heterocycles. The molecule has 0 spiro atoms. The van der Waals surface area contributed by atoms with Gasteiger partial charge < -0.3 is 10.1 Å². The Morgan fingerprint density at radius 3 is 2.69 bits per heavy atom. The molecule has 0 radical (unpaired) electrons. The number of hydrogen-bond donors (Lipinski definition) is 1. The van der Waals surface area contributed by atoms with Crippen LogP contribution in [0.1, 0.15) is 10.4 Å².